The maximum absolute atomic E-state index is 16.4. The molecule has 1 aliphatic heterocycles. The van der Waals surface area contributed by atoms with Crippen molar-refractivity contribution in [3.05, 3.63) is 49.3 Å². The van der Waals surface area contributed by atoms with Crippen LogP contribution in [0.5, 0.6) is 5.75 Å². The number of ether oxygens (including phenoxy) is 2. The molecule has 1 aliphatic carbocycles. The fraction of sp³-hybridized carbons (Fsp3) is 0.481. The molecule has 1 saturated heterocycles. The van der Waals surface area contributed by atoms with Crippen molar-refractivity contribution in [1.29, 1.82) is 0 Å². The minimum Gasteiger partial charge on any atom is -0.462 e. The highest BCUT2D eigenvalue weighted by atomic mass is 31.2. The van der Waals surface area contributed by atoms with E-state index in [1.54, 1.807) is 44.2 Å². The monoisotopic (exact) mass is 619 g/mol. The number of nitrogens with one attached hydrogen (secondary N) is 2. The first-order valence-corrected chi connectivity index (χ1v) is 15.4. The van der Waals surface area contributed by atoms with Crippen molar-refractivity contribution < 1.29 is 37.4 Å². The van der Waals surface area contributed by atoms with Gasteiger partial charge in [-0.3, -0.25) is 13.9 Å². The second kappa shape index (κ2) is 12.2. The number of nitrogens with zero attached hydrogens (tertiary/aromatic N) is 4. The highest BCUT2D eigenvalue weighted by molar-refractivity contribution is 7.52. The van der Waals surface area contributed by atoms with Gasteiger partial charge in [0.05, 0.1) is 19.0 Å². The number of hydrogen-bond donors (Lipinski definition) is 4. The van der Waals surface area contributed by atoms with Gasteiger partial charge in [-0.05, 0) is 51.8 Å². The Hall–Kier alpha value is -3.62. The SMILES string of the molecule is C=C[C@@]1(F)[C@H](O)[C@@H](CO[P@@](=O)(N[C@H](C)C(=O)OC(C)C)Oc2ccccc2)O[C@H]1n1cnc2c(NC3CC3)nc(N)nc21. The van der Waals surface area contributed by atoms with E-state index in [9.17, 15) is 14.5 Å². The molecule has 2 aliphatic rings. The van der Waals surface area contributed by atoms with Gasteiger partial charge in [-0.15, -0.1) is 0 Å². The Morgan fingerprint density at radius 3 is 2.70 bits per heavy atom. The van der Waals surface area contributed by atoms with Crippen molar-refractivity contribution >= 4 is 36.6 Å². The van der Waals surface area contributed by atoms with Crippen LogP contribution in [0.2, 0.25) is 0 Å². The van der Waals surface area contributed by atoms with Crippen molar-refractivity contribution in [2.45, 2.75) is 75.9 Å². The van der Waals surface area contributed by atoms with Gasteiger partial charge in [-0.2, -0.15) is 15.1 Å². The molecule has 3 aromatic rings. The number of anilines is 2. The maximum Gasteiger partial charge on any atom is 0.459 e. The number of imidazole rings is 1. The number of halogens is 1. The van der Waals surface area contributed by atoms with Gasteiger partial charge in [0.15, 0.2) is 23.2 Å². The molecule has 16 heteroatoms. The van der Waals surface area contributed by atoms with E-state index in [0.29, 0.717) is 11.3 Å². The number of esters is 1. The summed E-state index contributed by atoms with van der Waals surface area (Å²) in [7, 11) is -4.32. The number of nitrogen functional groups attached to an aromatic ring is 1. The lowest BCUT2D eigenvalue weighted by Gasteiger charge is -2.26. The number of hydrogen-bond acceptors (Lipinski definition) is 12. The number of fused-ring (bicyclic) bond motifs is 1. The standard InChI is InChI=1S/C27H35FN7O7P/c1-5-27(28)21(36)19(41-25(27)35-14-30-20-22(31-17-11-12-17)32-26(29)33-23(20)35)13-39-43(38,42-18-9-7-6-8-10-18)34-16(4)24(37)40-15(2)3/h5-10,14-17,19,21,25,36H,1,11-13H2,2-4H3,(H,34,38)(H3,29,31,32,33)/t16-,19-,21-,25-,27-,43+/m1/s1. The van der Waals surface area contributed by atoms with Crippen LogP contribution < -0.4 is 20.7 Å². The van der Waals surface area contributed by atoms with Gasteiger partial charge in [0, 0.05) is 6.04 Å². The number of carbonyl (C=O) groups is 1. The Bertz CT molecular complexity index is 1520. The molecule has 0 bridgehead atoms. The summed E-state index contributed by atoms with van der Waals surface area (Å²) in [5.74, 6) is -0.169. The number of carbonyl (C=O) groups excluding carboxylic acids is 1. The number of rotatable bonds is 13. The summed E-state index contributed by atoms with van der Waals surface area (Å²) in [5, 5.41) is 16.8. The minimum atomic E-state index is -4.32. The molecule has 6 atom stereocenters. The van der Waals surface area contributed by atoms with Crippen LogP contribution in [0.25, 0.3) is 11.2 Å². The van der Waals surface area contributed by atoms with Crippen molar-refractivity contribution in [2.75, 3.05) is 17.7 Å². The van der Waals surface area contributed by atoms with Crippen molar-refractivity contribution in [1.82, 2.24) is 24.6 Å². The summed E-state index contributed by atoms with van der Waals surface area (Å²) in [6, 6.07) is 7.26. The van der Waals surface area contributed by atoms with Crippen LogP contribution in [0.3, 0.4) is 0 Å². The molecule has 2 aromatic heterocycles. The highest BCUT2D eigenvalue weighted by Gasteiger charge is 2.57. The molecular formula is C27H35FN7O7P. The number of nitrogens with two attached hydrogens (primary N) is 1. The van der Waals surface area contributed by atoms with E-state index in [4.69, 9.17) is 24.3 Å². The van der Waals surface area contributed by atoms with Crippen LogP contribution in [-0.4, -0.2) is 73.3 Å². The Morgan fingerprint density at radius 1 is 1.33 bits per heavy atom. The van der Waals surface area contributed by atoms with Gasteiger partial charge < -0.3 is 30.2 Å². The van der Waals surface area contributed by atoms with E-state index < -0.39 is 56.6 Å². The third kappa shape index (κ3) is 6.65. The van der Waals surface area contributed by atoms with E-state index in [-0.39, 0.29) is 23.4 Å². The molecular weight excluding hydrogens is 584 g/mol. The predicted octanol–water partition coefficient (Wildman–Crippen LogP) is 3.27. The van der Waals surface area contributed by atoms with Gasteiger partial charge in [0.2, 0.25) is 11.6 Å². The number of para-hydroxylation sites is 1. The first-order chi connectivity index (χ1) is 20.4. The van der Waals surface area contributed by atoms with E-state index in [0.717, 1.165) is 18.9 Å². The molecule has 1 aromatic carbocycles. The fourth-order valence-corrected chi connectivity index (χ4v) is 6.04. The van der Waals surface area contributed by atoms with Gasteiger partial charge in [-0.25, -0.2) is 13.9 Å². The first-order valence-electron chi connectivity index (χ1n) is 13.8. The summed E-state index contributed by atoms with van der Waals surface area (Å²) < 4.78 is 54.0. The Morgan fingerprint density at radius 2 is 2.05 bits per heavy atom. The predicted molar refractivity (Wildman–Crippen MR) is 155 cm³/mol. The Kier molecular flexibility index (Phi) is 8.72. The summed E-state index contributed by atoms with van der Waals surface area (Å²) >= 11 is 0. The summed E-state index contributed by atoms with van der Waals surface area (Å²) in [5.41, 5.74) is 3.91. The van der Waals surface area contributed by atoms with Crippen LogP contribution in [0, 0.1) is 0 Å². The molecule has 2 fully saturated rings. The molecule has 0 unspecified atom stereocenters. The average molecular weight is 620 g/mol. The number of aromatic nitrogens is 4. The van der Waals surface area contributed by atoms with Crippen LogP contribution in [0.1, 0.15) is 39.8 Å². The first kappa shape index (κ1) is 30.8. The largest absolute Gasteiger partial charge is 0.462 e. The van der Waals surface area contributed by atoms with Crippen molar-refractivity contribution in [3.8, 4) is 5.75 Å². The number of aliphatic hydroxyl groups is 1. The van der Waals surface area contributed by atoms with Crippen LogP contribution in [0.4, 0.5) is 16.2 Å². The molecule has 0 radical (unpaired) electrons. The number of benzene rings is 1. The molecule has 232 valence electrons. The smallest absolute Gasteiger partial charge is 0.459 e. The van der Waals surface area contributed by atoms with Crippen molar-refractivity contribution in [2.24, 2.45) is 0 Å². The minimum absolute atomic E-state index is 0.0610. The second-order valence-corrected chi connectivity index (χ2v) is 12.4. The topological polar surface area (TPSA) is 185 Å². The average Bonchev–Trinajstić information content (AvgIpc) is 3.62. The quantitative estimate of drug-likeness (QED) is 0.124. The zero-order valence-corrected chi connectivity index (χ0v) is 24.8. The molecule has 43 heavy (non-hydrogen) atoms. The molecule has 14 nitrogen and oxygen atoms in total. The zero-order chi connectivity index (χ0) is 30.9. The maximum atomic E-state index is 16.4. The summed E-state index contributed by atoms with van der Waals surface area (Å²) in [6.07, 6.45) is -0.912. The third-order valence-electron chi connectivity index (χ3n) is 6.84. The fourth-order valence-electron chi connectivity index (χ4n) is 4.54. The van der Waals surface area contributed by atoms with E-state index in [2.05, 4.69) is 31.9 Å². The lowest BCUT2D eigenvalue weighted by atomic mass is 9.96. The van der Waals surface area contributed by atoms with Crippen LogP contribution in [0.15, 0.2) is 49.3 Å². The lowest BCUT2D eigenvalue weighted by molar-refractivity contribution is -0.149. The third-order valence-corrected chi connectivity index (χ3v) is 8.49. The summed E-state index contributed by atoms with van der Waals surface area (Å²) in [4.78, 5) is 25.2. The zero-order valence-electron chi connectivity index (χ0n) is 23.9. The molecule has 1 saturated carbocycles. The van der Waals surface area contributed by atoms with Gasteiger partial charge in [0.1, 0.15) is 24.0 Å². The second-order valence-electron chi connectivity index (χ2n) is 10.7. The molecule has 5 N–H and O–H groups in total. The normalized spacial score (nSPS) is 25.8. The van der Waals surface area contributed by atoms with Gasteiger partial charge >= 0.3 is 13.7 Å². The molecule has 0 spiro atoms. The van der Waals surface area contributed by atoms with Crippen LogP contribution in [-0.2, 0) is 23.4 Å². The lowest BCUT2D eigenvalue weighted by Crippen LogP contribution is -2.42. The van der Waals surface area contributed by atoms with Gasteiger partial charge in [0.25, 0.3) is 0 Å². The summed E-state index contributed by atoms with van der Waals surface area (Å²) in [6.45, 7) is 7.75. The Balaban J connectivity index is 1.38. The van der Waals surface area contributed by atoms with E-state index in [1.807, 2.05) is 0 Å². The molecule has 3 heterocycles. The van der Waals surface area contributed by atoms with Gasteiger partial charge in [-0.1, -0.05) is 24.8 Å². The molecule has 0 amide bonds. The van der Waals surface area contributed by atoms with Crippen LogP contribution >= 0.6 is 7.75 Å². The Labute approximate surface area is 247 Å². The number of alkyl halides is 1. The van der Waals surface area contributed by atoms with E-state index in [1.165, 1.54) is 17.8 Å². The molecule has 5 rings (SSSR count). The van der Waals surface area contributed by atoms with E-state index >= 15 is 4.39 Å². The van der Waals surface area contributed by atoms with Crippen molar-refractivity contribution in [3.63, 3.8) is 0 Å². The highest BCUT2D eigenvalue weighted by Crippen LogP contribution is 2.48. The number of aliphatic hydroxyl groups excluding tert-OH is 1.